The molecule has 0 spiro atoms. The first-order valence-electron chi connectivity index (χ1n) is 10.9. The van der Waals surface area contributed by atoms with Crippen molar-refractivity contribution in [1.29, 1.82) is 0 Å². The lowest BCUT2D eigenvalue weighted by Gasteiger charge is -2.28. The Balaban J connectivity index is 1.70. The minimum absolute atomic E-state index is 0.111. The van der Waals surface area contributed by atoms with E-state index in [1.807, 2.05) is 0 Å². The van der Waals surface area contributed by atoms with E-state index in [4.69, 9.17) is 14.2 Å². The Bertz CT molecular complexity index is 1190. The summed E-state index contributed by atoms with van der Waals surface area (Å²) in [6.45, 7) is 3.62. The molecule has 2 aromatic rings. The number of amides is 2. The van der Waals surface area contributed by atoms with Crippen molar-refractivity contribution < 1.29 is 34.0 Å². The molecular weight excluding hydrogens is 536 g/mol. The fourth-order valence-electron chi connectivity index (χ4n) is 3.42. The molecule has 0 unspecified atom stereocenters. The van der Waals surface area contributed by atoms with Crippen LogP contribution in [0.3, 0.4) is 0 Å². The summed E-state index contributed by atoms with van der Waals surface area (Å²) in [7, 11) is 1.27. The lowest BCUT2D eigenvalue weighted by atomic mass is 9.95. The quantitative estimate of drug-likeness (QED) is 0.128. The number of nitrogens with one attached hydrogen (secondary N) is 3. The number of phenols is 1. The number of hydrogen-bond donors (Lipinski definition) is 5. The highest BCUT2D eigenvalue weighted by atomic mass is 79.9. The third-order valence-electron chi connectivity index (χ3n) is 5.08. The fourth-order valence-corrected chi connectivity index (χ4v) is 3.82. The number of benzene rings is 2. The standard InChI is InChI=1S/C24H27BrN4O7/c1-4-35-19-10-15(22-21(23(32)34-3)13(2)27-24(33)28-22)6-8-18(19)36-12-20(31)29-26-11-14-5-7-17(30)16(25)9-14/h5-11,20,22,29-31H,4,12H2,1-3H3,(H2,27,28,33)/b26-11-/t20-,22-/m1/s1. The first-order chi connectivity index (χ1) is 17.2. The van der Waals surface area contributed by atoms with Crippen molar-refractivity contribution in [2.75, 3.05) is 20.3 Å². The van der Waals surface area contributed by atoms with Gasteiger partial charge >= 0.3 is 12.0 Å². The van der Waals surface area contributed by atoms with Gasteiger partial charge in [-0.3, -0.25) is 5.43 Å². The second-order valence-electron chi connectivity index (χ2n) is 7.63. The van der Waals surface area contributed by atoms with Gasteiger partial charge in [0.05, 0.1) is 36.0 Å². The number of urea groups is 1. The minimum atomic E-state index is -1.13. The largest absolute Gasteiger partial charge is 0.507 e. The number of aliphatic hydroxyl groups excluding tert-OH is 1. The van der Waals surface area contributed by atoms with E-state index in [-0.39, 0.29) is 17.9 Å². The Morgan fingerprint density at radius 1 is 1.25 bits per heavy atom. The summed E-state index contributed by atoms with van der Waals surface area (Å²) in [5.74, 6) is 0.264. The molecule has 0 saturated heterocycles. The molecule has 0 aliphatic carbocycles. The molecule has 5 N–H and O–H groups in total. The van der Waals surface area contributed by atoms with Gasteiger partial charge in [-0.05, 0) is 71.2 Å². The van der Waals surface area contributed by atoms with Gasteiger partial charge in [0.1, 0.15) is 12.4 Å². The molecule has 36 heavy (non-hydrogen) atoms. The van der Waals surface area contributed by atoms with Gasteiger partial charge in [-0.25, -0.2) is 9.59 Å². The van der Waals surface area contributed by atoms with Crippen LogP contribution in [0.1, 0.15) is 31.0 Å². The summed E-state index contributed by atoms with van der Waals surface area (Å²) in [6, 6.07) is 8.63. The molecule has 0 fully saturated rings. The molecule has 1 aliphatic heterocycles. The maximum Gasteiger partial charge on any atom is 0.337 e. The van der Waals surface area contributed by atoms with E-state index in [9.17, 15) is 19.8 Å². The summed E-state index contributed by atoms with van der Waals surface area (Å²) >= 11 is 3.22. The van der Waals surface area contributed by atoms with Crippen LogP contribution < -0.4 is 25.5 Å². The van der Waals surface area contributed by atoms with Crippen molar-refractivity contribution in [2.24, 2.45) is 5.10 Å². The second kappa shape index (κ2) is 12.3. The fraction of sp³-hybridized carbons (Fsp3) is 0.292. The van der Waals surface area contributed by atoms with Crippen LogP contribution in [0.2, 0.25) is 0 Å². The van der Waals surface area contributed by atoms with Crippen molar-refractivity contribution in [3.8, 4) is 17.2 Å². The predicted octanol–water partition coefficient (Wildman–Crippen LogP) is 2.68. The Labute approximate surface area is 216 Å². The van der Waals surface area contributed by atoms with Gasteiger partial charge in [0.25, 0.3) is 0 Å². The number of allylic oxidation sites excluding steroid dienone is 1. The Morgan fingerprint density at radius 3 is 2.72 bits per heavy atom. The third-order valence-corrected chi connectivity index (χ3v) is 5.72. The molecule has 192 valence electrons. The van der Waals surface area contributed by atoms with Gasteiger partial charge in [-0.2, -0.15) is 5.10 Å². The smallest absolute Gasteiger partial charge is 0.337 e. The first kappa shape index (κ1) is 26.8. The highest BCUT2D eigenvalue weighted by molar-refractivity contribution is 9.10. The number of methoxy groups -OCH3 is 1. The van der Waals surface area contributed by atoms with Crippen LogP contribution in [-0.4, -0.2) is 55.0 Å². The van der Waals surface area contributed by atoms with Crippen molar-refractivity contribution in [3.63, 3.8) is 0 Å². The number of aliphatic hydroxyl groups is 1. The van der Waals surface area contributed by atoms with Gasteiger partial charge in [0.15, 0.2) is 17.7 Å². The number of halogens is 1. The molecule has 0 saturated carbocycles. The van der Waals surface area contributed by atoms with E-state index in [0.29, 0.717) is 39.4 Å². The molecule has 2 aromatic carbocycles. The number of aromatic hydroxyl groups is 1. The van der Waals surface area contributed by atoms with E-state index >= 15 is 0 Å². The molecule has 12 heteroatoms. The van der Waals surface area contributed by atoms with Crippen LogP contribution in [0.5, 0.6) is 17.2 Å². The summed E-state index contributed by atoms with van der Waals surface area (Å²) in [4.78, 5) is 24.4. The number of esters is 1. The maximum atomic E-state index is 12.3. The number of carbonyl (C=O) groups is 2. The van der Waals surface area contributed by atoms with Gasteiger partial charge in [0, 0.05) is 5.70 Å². The first-order valence-corrected chi connectivity index (χ1v) is 11.7. The number of carbonyl (C=O) groups excluding carboxylic acids is 2. The zero-order valence-corrected chi connectivity index (χ0v) is 21.5. The molecule has 0 radical (unpaired) electrons. The highest BCUT2D eigenvalue weighted by Gasteiger charge is 2.32. The van der Waals surface area contributed by atoms with Crippen LogP contribution in [0.25, 0.3) is 0 Å². The van der Waals surface area contributed by atoms with E-state index < -0.39 is 24.3 Å². The molecule has 1 aliphatic rings. The third kappa shape index (κ3) is 6.67. The van der Waals surface area contributed by atoms with Gasteiger partial charge in [-0.15, -0.1) is 0 Å². The van der Waals surface area contributed by atoms with Gasteiger partial charge < -0.3 is 35.1 Å². The minimum Gasteiger partial charge on any atom is -0.507 e. The average molecular weight is 563 g/mol. The predicted molar refractivity (Wildman–Crippen MR) is 135 cm³/mol. The topological polar surface area (TPSA) is 151 Å². The van der Waals surface area contributed by atoms with Crippen LogP contribution >= 0.6 is 15.9 Å². The van der Waals surface area contributed by atoms with E-state index in [2.05, 4.69) is 37.1 Å². The number of hydrogen-bond acceptors (Lipinski definition) is 9. The van der Waals surface area contributed by atoms with Crippen LogP contribution in [-0.2, 0) is 9.53 Å². The summed E-state index contributed by atoms with van der Waals surface area (Å²) in [5, 5.41) is 29.0. The molecule has 0 bridgehead atoms. The molecular formula is C24H27BrN4O7. The number of rotatable bonds is 10. The van der Waals surface area contributed by atoms with Crippen molar-refractivity contribution in [1.82, 2.24) is 16.1 Å². The van der Waals surface area contributed by atoms with Crippen molar-refractivity contribution >= 4 is 34.1 Å². The Hall–Kier alpha value is -3.77. The van der Waals surface area contributed by atoms with E-state index in [0.717, 1.165) is 0 Å². The zero-order valence-electron chi connectivity index (χ0n) is 19.9. The second-order valence-corrected chi connectivity index (χ2v) is 8.48. The van der Waals surface area contributed by atoms with Crippen molar-refractivity contribution in [2.45, 2.75) is 26.1 Å². The maximum absolute atomic E-state index is 12.3. The SMILES string of the molecule is CCOc1cc([C@H]2NC(=O)NC(C)=C2C(=O)OC)ccc1OC[C@@H](O)N/N=C\c1ccc(O)c(Br)c1. The summed E-state index contributed by atoms with van der Waals surface area (Å²) < 4.78 is 16.8. The van der Waals surface area contributed by atoms with E-state index in [1.165, 1.54) is 19.4 Å². The average Bonchev–Trinajstić information content (AvgIpc) is 2.84. The Kier molecular flexibility index (Phi) is 9.14. The number of nitrogens with zero attached hydrogens (tertiary/aromatic N) is 1. The lowest BCUT2D eigenvalue weighted by Crippen LogP contribution is -2.45. The van der Waals surface area contributed by atoms with Gasteiger partial charge in [-0.1, -0.05) is 6.07 Å². The zero-order chi connectivity index (χ0) is 26.2. The number of hydrazone groups is 1. The monoisotopic (exact) mass is 562 g/mol. The number of ether oxygens (including phenoxy) is 3. The van der Waals surface area contributed by atoms with Crippen LogP contribution in [0.4, 0.5) is 4.79 Å². The lowest BCUT2D eigenvalue weighted by molar-refractivity contribution is -0.136. The summed E-state index contributed by atoms with van der Waals surface area (Å²) in [6.07, 6.45) is 0.353. The molecule has 3 rings (SSSR count). The molecule has 11 nitrogen and oxygen atoms in total. The summed E-state index contributed by atoms with van der Waals surface area (Å²) in [5.41, 5.74) is 4.51. The highest BCUT2D eigenvalue weighted by Crippen LogP contribution is 2.35. The van der Waals surface area contributed by atoms with Crippen LogP contribution in [0.15, 0.2) is 57.2 Å². The van der Waals surface area contributed by atoms with Crippen molar-refractivity contribution in [3.05, 3.63) is 63.3 Å². The number of phenolic OH excluding ortho intramolecular Hbond substituents is 1. The van der Waals surface area contributed by atoms with Gasteiger partial charge in [0.2, 0.25) is 0 Å². The van der Waals surface area contributed by atoms with Crippen LogP contribution in [0, 0.1) is 0 Å². The molecule has 1 heterocycles. The van der Waals surface area contributed by atoms with E-state index in [1.54, 1.807) is 44.2 Å². The molecule has 2 atom stereocenters. The molecule has 2 amide bonds. The molecule has 0 aromatic heterocycles. The normalized spacial score (nSPS) is 16.2. The Morgan fingerprint density at radius 2 is 2.03 bits per heavy atom.